The predicted octanol–water partition coefficient (Wildman–Crippen LogP) is 5.28. The normalized spacial score (nSPS) is 17.7. The maximum Gasteiger partial charge on any atom is 0.410 e. The minimum Gasteiger partial charge on any atom is -0.444 e. The third-order valence-electron chi connectivity index (χ3n) is 6.93. The second-order valence-electron chi connectivity index (χ2n) is 10.8. The highest BCUT2D eigenvalue weighted by Gasteiger charge is 2.33. The summed E-state index contributed by atoms with van der Waals surface area (Å²) in [6.45, 7) is 11.0. The van der Waals surface area contributed by atoms with Crippen LogP contribution in [0.2, 0.25) is 0 Å². The number of nitrogens with one attached hydrogen (secondary N) is 1. The predicted molar refractivity (Wildman–Crippen MR) is 133 cm³/mol. The standard InChI is InChI=1S/C27H38N4O3/c1-18-9-8-10-19(2)23(18)31-24(22(17-28-31)25(32)29-21-11-6-7-12-21)20-13-15-30(16-14-20)26(33)34-27(3,4)5/h8-10,17,20-21H,6-7,11-16H2,1-5H3,(H,29,32). The van der Waals surface area contributed by atoms with E-state index in [1.807, 2.05) is 31.5 Å². The van der Waals surface area contributed by atoms with Gasteiger partial charge in [0, 0.05) is 25.0 Å². The summed E-state index contributed by atoms with van der Waals surface area (Å²) < 4.78 is 7.54. The lowest BCUT2D eigenvalue weighted by atomic mass is 9.90. The van der Waals surface area contributed by atoms with Crippen molar-refractivity contribution < 1.29 is 14.3 Å². The van der Waals surface area contributed by atoms with E-state index in [1.54, 1.807) is 11.1 Å². The van der Waals surface area contributed by atoms with E-state index in [9.17, 15) is 9.59 Å². The van der Waals surface area contributed by atoms with E-state index in [4.69, 9.17) is 9.84 Å². The maximum atomic E-state index is 13.4. The molecule has 0 spiro atoms. The summed E-state index contributed by atoms with van der Waals surface area (Å²) in [5.41, 5.74) is 4.38. The lowest BCUT2D eigenvalue weighted by molar-refractivity contribution is 0.0203. The van der Waals surface area contributed by atoms with E-state index < -0.39 is 5.60 Å². The van der Waals surface area contributed by atoms with Crippen molar-refractivity contribution in [3.63, 3.8) is 0 Å². The van der Waals surface area contributed by atoms with E-state index >= 15 is 0 Å². The van der Waals surface area contributed by atoms with Crippen LogP contribution in [0.25, 0.3) is 5.69 Å². The van der Waals surface area contributed by atoms with E-state index in [0.29, 0.717) is 18.7 Å². The average Bonchev–Trinajstić information content (AvgIpc) is 3.43. The molecule has 0 unspecified atom stereocenters. The second-order valence-corrected chi connectivity index (χ2v) is 10.8. The fourth-order valence-electron chi connectivity index (χ4n) is 5.24. The van der Waals surface area contributed by atoms with Crippen LogP contribution in [-0.2, 0) is 4.74 Å². The number of aryl methyl sites for hydroxylation is 2. The summed E-state index contributed by atoms with van der Waals surface area (Å²) in [7, 11) is 0. The number of carbonyl (C=O) groups is 2. The van der Waals surface area contributed by atoms with Gasteiger partial charge in [0.05, 0.1) is 23.1 Å². The summed E-state index contributed by atoms with van der Waals surface area (Å²) >= 11 is 0. The minimum absolute atomic E-state index is 0.0334. The Labute approximate surface area is 202 Å². The SMILES string of the molecule is Cc1cccc(C)c1-n1ncc(C(=O)NC2CCCC2)c1C1CCN(C(=O)OC(C)(C)C)CC1. The first-order valence-corrected chi connectivity index (χ1v) is 12.6. The van der Waals surface area contributed by atoms with Crippen molar-refractivity contribution in [3.8, 4) is 5.69 Å². The number of piperidine rings is 1. The number of ether oxygens (including phenoxy) is 1. The number of carbonyl (C=O) groups excluding carboxylic acids is 2. The van der Waals surface area contributed by atoms with Gasteiger partial charge in [-0.25, -0.2) is 9.48 Å². The molecule has 2 amide bonds. The molecule has 1 aromatic carbocycles. The monoisotopic (exact) mass is 466 g/mol. The van der Waals surface area contributed by atoms with Crippen molar-refractivity contribution in [2.75, 3.05) is 13.1 Å². The van der Waals surface area contributed by atoms with Gasteiger partial charge < -0.3 is 15.0 Å². The van der Waals surface area contributed by atoms with Gasteiger partial charge >= 0.3 is 6.09 Å². The molecule has 2 heterocycles. The number of likely N-dealkylation sites (tertiary alicyclic amines) is 1. The molecule has 1 saturated heterocycles. The Morgan fingerprint density at radius 3 is 2.24 bits per heavy atom. The smallest absolute Gasteiger partial charge is 0.410 e. The molecular formula is C27H38N4O3. The summed E-state index contributed by atoms with van der Waals surface area (Å²) in [4.78, 5) is 27.7. The Balaban J connectivity index is 1.62. The van der Waals surface area contributed by atoms with Crippen molar-refractivity contribution in [2.24, 2.45) is 0 Å². The van der Waals surface area contributed by atoms with Crippen LogP contribution in [-0.4, -0.2) is 51.4 Å². The van der Waals surface area contributed by atoms with Crippen LogP contribution in [0.4, 0.5) is 4.79 Å². The fraction of sp³-hybridized carbons (Fsp3) is 0.593. The quantitative estimate of drug-likeness (QED) is 0.665. The van der Waals surface area contributed by atoms with Crippen LogP contribution in [0.5, 0.6) is 0 Å². The van der Waals surface area contributed by atoms with Crippen LogP contribution >= 0.6 is 0 Å². The zero-order valence-electron chi connectivity index (χ0n) is 21.2. The summed E-state index contributed by atoms with van der Waals surface area (Å²) in [5, 5.41) is 7.98. The molecule has 0 radical (unpaired) electrons. The molecule has 34 heavy (non-hydrogen) atoms. The lowest BCUT2D eigenvalue weighted by Crippen LogP contribution is -2.42. The van der Waals surface area contributed by atoms with Crippen molar-refractivity contribution in [1.29, 1.82) is 0 Å². The molecule has 1 aliphatic carbocycles. The van der Waals surface area contributed by atoms with E-state index in [2.05, 4.69) is 31.3 Å². The van der Waals surface area contributed by atoms with E-state index in [-0.39, 0.29) is 24.0 Å². The third kappa shape index (κ3) is 5.29. The Kier molecular flexibility index (Phi) is 7.01. The van der Waals surface area contributed by atoms with Gasteiger partial charge in [-0.15, -0.1) is 0 Å². The molecule has 1 saturated carbocycles. The number of nitrogens with zero attached hydrogens (tertiary/aromatic N) is 3. The van der Waals surface area contributed by atoms with Gasteiger partial charge in [0.15, 0.2) is 0 Å². The topological polar surface area (TPSA) is 76.5 Å². The van der Waals surface area contributed by atoms with Gasteiger partial charge in [0.1, 0.15) is 5.60 Å². The first-order valence-electron chi connectivity index (χ1n) is 12.6. The molecule has 2 fully saturated rings. The van der Waals surface area contributed by atoms with Crippen LogP contribution in [0.1, 0.15) is 92.4 Å². The zero-order chi connectivity index (χ0) is 24.5. The number of benzene rings is 1. The number of aromatic nitrogens is 2. The molecule has 1 N–H and O–H groups in total. The minimum atomic E-state index is -0.513. The molecule has 0 atom stereocenters. The summed E-state index contributed by atoms with van der Waals surface area (Å²) in [5.74, 6) is 0.0958. The summed E-state index contributed by atoms with van der Waals surface area (Å²) in [6.07, 6.45) is 7.41. The van der Waals surface area contributed by atoms with Crippen molar-refractivity contribution >= 4 is 12.0 Å². The average molecular weight is 467 g/mol. The number of rotatable bonds is 4. The largest absolute Gasteiger partial charge is 0.444 e. The van der Waals surface area contributed by atoms with Gasteiger partial charge in [-0.3, -0.25) is 4.79 Å². The van der Waals surface area contributed by atoms with Gasteiger partial charge in [-0.2, -0.15) is 5.10 Å². The molecule has 184 valence electrons. The second kappa shape index (κ2) is 9.80. The summed E-state index contributed by atoms with van der Waals surface area (Å²) in [6, 6.07) is 6.46. The van der Waals surface area contributed by atoms with Gasteiger partial charge in [0.2, 0.25) is 0 Å². The van der Waals surface area contributed by atoms with Crippen LogP contribution in [0.15, 0.2) is 24.4 Å². The van der Waals surface area contributed by atoms with Crippen LogP contribution in [0, 0.1) is 13.8 Å². The molecule has 0 bridgehead atoms. The fourth-order valence-corrected chi connectivity index (χ4v) is 5.24. The van der Waals surface area contributed by atoms with Gasteiger partial charge in [-0.1, -0.05) is 31.0 Å². The molecule has 2 aromatic rings. The molecular weight excluding hydrogens is 428 g/mol. The molecule has 4 rings (SSSR count). The molecule has 7 heteroatoms. The molecule has 2 aliphatic rings. The van der Waals surface area contributed by atoms with Crippen molar-refractivity contribution in [3.05, 3.63) is 46.8 Å². The first-order chi connectivity index (χ1) is 16.1. The Hall–Kier alpha value is -2.83. The zero-order valence-corrected chi connectivity index (χ0v) is 21.2. The first kappa shape index (κ1) is 24.3. The molecule has 1 aliphatic heterocycles. The lowest BCUT2D eigenvalue weighted by Gasteiger charge is -2.34. The highest BCUT2D eigenvalue weighted by molar-refractivity contribution is 5.95. The number of para-hydroxylation sites is 1. The molecule has 1 aromatic heterocycles. The van der Waals surface area contributed by atoms with Crippen molar-refractivity contribution in [1.82, 2.24) is 20.0 Å². The van der Waals surface area contributed by atoms with E-state index in [0.717, 1.165) is 48.2 Å². The Bertz CT molecular complexity index is 1020. The van der Waals surface area contributed by atoms with Crippen LogP contribution < -0.4 is 5.32 Å². The maximum absolute atomic E-state index is 13.4. The van der Waals surface area contributed by atoms with Crippen LogP contribution in [0.3, 0.4) is 0 Å². The molecule has 7 nitrogen and oxygen atoms in total. The Morgan fingerprint density at radius 2 is 1.65 bits per heavy atom. The number of hydrogen-bond acceptors (Lipinski definition) is 4. The highest BCUT2D eigenvalue weighted by Crippen LogP contribution is 2.34. The number of amides is 2. The highest BCUT2D eigenvalue weighted by atomic mass is 16.6. The van der Waals surface area contributed by atoms with Gasteiger partial charge in [-0.05, 0) is 71.4 Å². The van der Waals surface area contributed by atoms with Crippen molar-refractivity contribution in [2.45, 2.75) is 90.7 Å². The van der Waals surface area contributed by atoms with E-state index in [1.165, 1.54) is 12.8 Å². The Morgan fingerprint density at radius 1 is 1.03 bits per heavy atom. The number of hydrogen-bond donors (Lipinski definition) is 1. The van der Waals surface area contributed by atoms with Gasteiger partial charge in [0.25, 0.3) is 5.91 Å². The third-order valence-corrected chi connectivity index (χ3v) is 6.93.